The van der Waals surface area contributed by atoms with Crippen LogP contribution in [0.25, 0.3) is 16.9 Å². The first-order valence-electron chi connectivity index (χ1n) is 9.24. The highest BCUT2D eigenvalue weighted by Crippen LogP contribution is 2.34. The quantitative estimate of drug-likeness (QED) is 0.417. The number of nitrogens with two attached hydrogens (primary N) is 1. The predicted molar refractivity (Wildman–Crippen MR) is 111 cm³/mol. The molecule has 0 aliphatic heterocycles. The van der Waals surface area contributed by atoms with Crippen LogP contribution in [0.1, 0.15) is 18.2 Å². The van der Waals surface area contributed by atoms with Crippen LogP contribution in [-0.4, -0.2) is 29.5 Å². The van der Waals surface area contributed by atoms with Crippen molar-refractivity contribution in [1.29, 1.82) is 0 Å². The van der Waals surface area contributed by atoms with Crippen LogP contribution in [0.15, 0.2) is 53.4 Å². The maximum absolute atomic E-state index is 13.4. The Bertz CT molecular complexity index is 1070. The number of hydrogen-bond acceptors (Lipinski definition) is 6. The van der Waals surface area contributed by atoms with Crippen molar-refractivity contribution in [3.63, 3.8) is 0 Å². The summed E-state index contributed by atoms with van der Waals surface area (Å²) in [4.78, 5) is 12.6. The van der Waals surface area contributed by atoms with Gasteiger partial charge in [0.1, 0.15) is 5.75 Å². The van der Waals surface area contributed by atoms with Crippen molar-refractivity contribution < 1.29 is 27.4 Å². The average molecular weight is 451 g/mol. The van der Waals surface area contributed by atoms with E-state index in [9.17, 15) is 18.0 Å². The highest BCUT2D eigenvalue weighted by atomic mass is 32.2. The van der Waals surface area contributed by atoms with Crippen LogP contribution in [0.3, 0.4) is 0 Å². The SMILES string of the molecule is CCOC(=O)Cc1cc(-n2nc(C(F)(F)F)cc2-c2ccc(OC)cc2)ccc1SN. The maximum atomic E-state index is 13.4. The summed E-state index contributed by atoms with van der Waals surface area (Å²) < 4.78 is 51.5. The molecule has 0 aliphatic rings. The molecule has 164 valence electrons. The minimum Gasteiger partial charge on any atom is -0.497 e. The normalized spacial score (nSPS) is 11.4. The molecule has 0 atom stereocenters. The molecule has 1 heterocycles. The minimum atomic E-state index is -4.62. The van der Waals surface area contributed by atoms with E-state index in [4.69, 9.17) is 14.6 Å². The van der Waals surface area contributed by atoms with Gasteiger partial charge in [0.2, 0.25) is 0 Å². The Morgan fingerprint density at radius 1 is 1.16 bits per heavy atom. The number of carbonyl (C=O) groups excluding carboxylic acids is 1. The molecule has 0 bridgehead atoms. The number of carbonyl (C=O) groups is 1. The van der Waals surface area contributed by atoms with Crippen LogP contribution < -0.4 is 9.88 Å². The van der Waals surface area contributed by atoms with Crippen LogP contribution in [0, 0.1) is 0 Å². The molecule has 6 nitrogen and oxygen atoms in total. The Labute approximate surface area is 181 Å². The largest absolute Gasteiger partial charge is 0.497 e. The third-order valence-electron chi connectivity index (χ3n) is 4.44. The molecule has 0 aliphatic carbocycles. The Morgan fingerprint density at radius 3 is 2.45 bits per heavy atom. The second kappa shape index (κ2) is 9.44. The molecular weight excluding hydrogens is 431 g/mol. The van der Waals surface area contributed by atoms with Gasteiger partial charge in [-0.3, -0.25) is 9.93 Å². The molecule has 3 aromatic rings. The molecule has 0 saturated heterocycles. The molecule has 0 spiro atoms. The molecule has 10 heteroatoms. The van der Waals surface area contributed by atoms with Gasteiger partial charge in [-0.05, 0) is 73.0 Å². The summed E-state index contributed by atoms with van der Waals surface area (Å²) in [6.45, 7) is 1.91. The van der Waals surface area contributed by atoms with E-state index >= 15 is 0 Å². The molecule has 1 aromatic heterocycles. The molecule has 3 rings (SSSR count). The maximum Gasteiger partial charge on any atom is 0.435 e. The second-order valence-corrected chi connectivity index (χ2v) is 7.12. The van der Waals surface area contributed by atoms with E-state index in [1.165, 1.54) is 11.8 Å². The van der Waals surface area contributed by atoms with Crippen LogP contribution >= 0.6 is 11.9 Å². The summed E-state index contributed by atoms with van der Waals surface area (Å²) >= 11 is 0.942. The number of ether oxygens (including phenoxy) is 2. The minimum absolute atomic E-state index is 0.0630. The van der Waals surface area contributed by atoms with Gasteiger partial charge in [-0.2, -0.15) is 18.3 Å². The van der Waals surface area contributed by atoms with Gasteiger partial charge in [-0.1, -0.05) is 0 Å². The molecule has 0 fully saturated rings. The van der Waals surface area contributed by atoms with E-state index in [0.29, 0.717) is 27.5 Å². The number of nitrogens with zero attached hydrogens (tertiary/aromatic N) is 2. The van der Waals surface area contributed by atoms with Gasteiger partial charge >= 0.3 is 12.1 Å². The van der Waals surface area contributed by atoms with E-state index in [2.05, 4.69) is 5.10 Å². The first-order chi connectivity index (χ1) is 14.8. The van der Waals surface area contributed by atoms with E-state index in [0.717, 1.165) is 18.0 Å². The fourth-order valence-corrected chi connectivity index (χ4v) is 3.43. The zero-order chi connectivity index (χ0) is 22.6. The van der Waals surface area contributed by atoms with Crippen LogP contribution in [0.5, 0.6) is 5.75 Å². The molecule has 0 radical (unpaired) electrons. The van der Waals surface area contributed by atoms with Crippen LogP contribution in [-0.2, 0) is 22.1 Å². The first-order valence-corrected chi connectivity index (χ1v) is 10.1. The van der Waals surface area contributed by atoms with Gasteiger partial charge in [0.15, 0.2) is 5.69 Å². The summed E-state index contributed by atoms with van der Waals surface area (Å²) in [5.41, 5.74) is 0.632. The van der Waals surface area contributed by atoms with Gasteiger partial charge in [0, 0.05) is 10.5 Å². The zero-order valence-corrected chi connectivity index (χ0v) is 17.6. The smallest absolute Gasteiger partial charge is 0.435 e. The van der Waals surface area contributed by atoms with Crippen LogP contribution in [0.4, 0.5) is 13.2 Å². The number of aromatic nitrogens is 2. The van der Waals surface area contributed by atoms with Gasteiger partial charge in [-0.15, -0.1) is 0 Å². The fraction of sp³-hybridized carbons (Fsp3) is 0.238. The van der Waals surface area contributed by atoms with Crippen molar-refractivity contribution in [3.8, 4) is 22.7 Å². The Kier molecular flexibility index (Phi) is 6.91. The number of alkyl halides is 3. The number of rotatable bonds is 7. The second-order valence-electron chi connectivity index (χ2n) is 6.44. The molecule has 31 heavy (non-hydrogen) atoms. The zero-order valence-electron chi connectivity index (χ0n) is 16.8. The van der Waals surface area contributed by atoms with E-state index in [-0.39, 0.29) is 18.7 Å². The Morgan fingerprint density at radius 2 is 1.87 bits per heavy atom. The average Bonchev–Trinajstić information content (AvgIpc) is 3.20. The molecule has 2 N–H and O–H groups in total. The van der Waals surface area contributed by atoms with Gasteiger partial charge in [-0.25, -0.2) is 4.68 Å². The highest BCUT2D eigenvalue weighted by Gasteiger charge is 2.35. The van der Waals surface area contributed by atoms with Gasteiger partial charge in [0.05, 0.1) is 31.5 Å². The molecule has 0 saturated carbocycles. The Hall–Kier alpha value is -2.98. The van der Waals surface area contributed by atoms with Crippen molar-refractivity contribution in [1.82, 2.24) is 9.78 Å². The van der Waals surface area contributed by atoms with E-state index in [1.807, 2.05) is 0 Å². The lowest BCUT2D eigenvalue weighted by molar-refractivity contribution is -0.142. The summed E-state index contributed by atoms with van der Waals surface area (Å²) in [6, 6.07) is 12.4. The third kappa shape index (κ3) is 5.20. The standard InChI is InChI=1S/C21H20F3N3O3S/c1-3-30-20(28)11-14-10-15(6-9-18(14)31-25)27-17(12-19(26-27)21(22,23)24)13-4-7-16(29-2)8-5-13/h4-10,12H,3,11,25H2,1-2H3. The Balaban J connectivity index is 2.12. The molecule has 2 aromatic carbocycles. The van der Waals surface area contributed by atoms with Crippen molar-refractivity contribution in [2.45, 2.75) is 24.4 Å². The van der Waals surface area contributed by atoms with Crippen LogP contribution in [0.2, 0.25) is 0 Å². The van der Waals surface area contributed by atoms with Crippen molar-refractivity contribution in [2.75, 3.05) is 13.7 Å². The number of hydrogen-bond donors (Lipinski definition) is 1. The predicted octanol–water partition coefficient (Wildman–Crippen LogP) is 4.64. The number of benzene rings is 2. The summed E-state index contributed by atoms with van der Waals surface area (Å²) in [7, 11) is 1.50. The lowest BCUT2D eigenvalue weighted by atomic mass is 10.1. The molecule has 0 amide bonds. The van der Waals surface area contributed by atoms with Crippen molar-refractivity contribution in [3.05, 3.63) is 59.8 Å². The van der Waals surface area contributed by atoms with E-state index in [1.54, 1.807) is 49.4 Å². The van der Waals surface area contributed by atoms with Crippen molar-refractivity contribution >= 4 is 17.9 Å². The lowest BCUT2D eigenvalue weighted by Gasteiger charge is -2.12. The summed E-state index contributed by atoms with van der Waals surface area (Å²) in [5.74, 6) is 0.119. The molecular formula is C21H20F3N3O3S. The third-order valence-corrected chi connectivity index (χ3v) is 5.09. The topological polar surface area (TPSA) is 79.4 Å². The highest BCUT2D eigenvalue weighted by molar-refractivity contribution is 7.97. The van der Waals surface area contributed by atoms with E-state index < -0.39 is 17.8 Å². The number of esters is 1. The summed E-state index contributed by atoms with van der Waals surface area (Å²) in [6.07, 6.45) is -4.68. The number of methoxy groups -OCH3 is 1. The monoisotopic (exact) mass is 451 g/mol. The first kappa shape index (κ1) is 22.7. The van der Waals surface area contributed by atoms with Gasteiger partial charge in [0.25, 0.3) is 0 Å². The van der Waals surface area contributed by atoms with Crippen molar-refractivity contribution in [2.24, 2.45) is 5.14 Å². The van der Waals surface area contributed by atoms with Gasteiger partial charge < -0.3 is 9.47 Å². The fourth-order valence-electron chi connectivity index (χ4n) is 3.00. The lowest BCUT2D eigenvalue weighted by Crippen LogP contribution is -2.10. The number of halogens is 3. The molecule has 0 unspecified atom stereocenters. The summed E-state index contributed by atoms with van der Waals surface area (Å²) in [5, 5.41) is 9.47.